The summed E-state index contributed by atoms with van der Waals surface area (Å²) in [6.07, 6.45) is 1.38. The molecule has 0 atom stereocenters. The van der Waals surface area contributed by atoms with Crippen molar-refractivity contribution in [3.8, 4) is 0 Å². The fraction of sp³-hybridized carbons (Fsp3) is 0.909. The largest absolute Gasteiger partial charge is 0.352 e. The minimum atomic E-state index is -3.08. The Morgan fingerprint density at radius 1 is 1.28 bits per heavy atom. The monoisotopic (exact) mass is 277 g/mol. The summed E-state index contributed by atoms with van der Waals surface area (Å²) in [5.74, 6) is 0.124. The summed E-state index contributed by atoms with van der Waals surface area (Å²) in [6.45, 7) is 5.69. The second kappa shape index (κ2) is 7.06. The van der Waals surface area contributed by atoms with Gasteiger partial charge in [-0.25, -0.2) is 12.7 Å². The van der Waals surface area contributed by atoms with Crippen LogP contribution in [0.15, 0.2) is 0 Å². The number of carbonyl (C=O) groups is 1. The first-order chi connectivity index (χ1) is 8.49. The second-order valence-electron chi connectivity index (χ2n) is 4.42. The Morgan fingerprint density at radius 2 is 1.89 bits per heavy atom. The average Bonchev–Trinajstić information content (AvgIpc) is 2.37. The smallest absolute Gasteiger partial charge is 0.234 e. The molecule has 1 aliphatic heterocycles. The molecule has 0 spiro atoms. The van der Waals surface area contributed by atoms with Gasteiger partial charge in [0.1, 0.15) is 0 Å². The van der Waals surface area contributed by atoms with Gasteiger partial charge in [0.05, 0.1) is 12.3 Å². The van der Waals surface area contributed by atoms with Crippen molar-refractivity contribution >= 4 is 15.9 Å². The number of nitrogens with one attached hydrogen (secondary N) is 2. The minimum absolute atomic E-state index is 0.0198. The van der Waals surface area contributed by atoms with Gasteiger partial charge in [-0.3, -0.25) is 4.79 Å². The van der Waals surface area contributed by atoms with Crippen LogP contribution >= 0.6 is 0 Å². The highest BCUT2D eigenvalue weighted by atomic mass is 32.2. The lowest BCUT2D eigenvalue weighted by atomic mass is 10.1. The molecule has 0 bridgehead atoms. The van der Waals surface area contributed by atoms with Crippen molar-refractivity contribution in [2.24, 2.45) is 0 Å². The number of hydrogen-bond donors (Lipinski definition) is 2. The fourth-order valence-electron chi connectivity index (χ4n) is 1.98. The van der Waals surface area contributed by atoms with E-state index < -0.39 is 10.0 Å². The van der Waals surface area contributed by atoms with Gasteiger partial charge in [0, 0.05) is 19.1 Å². The molecule has 7 heteroatoms. The van der Waals surface area contributed by atoms with Gasteiger partial charge < -0.3 is 10.6 Å². The molecule has 0 unspecified atom stereocenters. The number of nitrogens with zero attached hydrogens (tertiary/aromatic N) is 1. The summed E-state index contributed by atoms with van der Waals surface area (Å²) >= 11 is 0. The van der Waals surface area contributed by atoms with Crippen molar-refractivity contribution in [1.82, 2.24) is 14.9 Å². The number of likely N-dealkylation sites (N-methyl/N-ethyl adjacent to an activating group) is 1. The van der Waals surface area contributed by atoms with Gasteiger partial charge in [-0.1, -0.05) is 6.92 Å². The molecule has 0 saturated carbocycles. The Bertz CT molecular complexity index is 362. The topological polar surface area (TPSA) is 78.5 Å². The first-order valence-corrected chi connectivity index (χ1v) is 8.08. The number of amides is 1. The maximum atomic E-state index is 11.7. The van der Waals surface area contributed by atoms with Crippen molar-refractivity contribution < 1.29 is 13.2 Å². The summed E-state index contributed by atoms with van der Waals surface area (Å²) in [6, 6.07) is 0.0967. The van der Waals surface area contributed by atoms with Crippen molar-refractivity contribution in [1.29, 1.82) is 0 Å². The lowest BCUT2D eigenvalue weighted by Crippen LogP contribution is -2.48. The average molecular weight is 277 g/mol. The van der Waals surface area contributed by atoms with Crippen LogP contribution in [0.5, 0.6) is 0 Å². The standard InChI is InChI=1S/C11H23N3O3S/c1-3-12-9-11(15)13-10-5-7-14(8-6-10)18(16,17)4-2/h10,12H,3-9H2,1-2H3,(H,13,15). The first-order valence-electron chi connectivity index (χ1n) is 6.47. The highest BCUT2D eigenvalue weighted by Crippen LogP contribution is 2.14. The molecule has 1 rings (SSSR count). The highest BCUT2D eigenvalue weighted by molar-refractivity contribution is 7.89. The van der Waals surface area contributed by atoms with Gasteiger partial charge >= 0.3 is 0 Å². The molecule has 0 aromatic carbocycles. The van der Waals surface area contributed by atoms with Crippen LogP contribution in [0, 0.1) is 0 Å². The van der Waals surface area contributed by atoms with E-state index >= 15 is 0 Å². The number of piperidine rings is 1. The van der Waals surface area contributed by atoms with Gasteiger partial charge in [-0.15, -0.1) is 0 Å². The minimum Gasteiger partial charge on any atom is -0.352 e. The van der Waals surface area contributed by atoms with E-state index in [1.54, 1.807) is 6.92 Å². The third-order valence-corrected chi connectivity index (χ3v) is 4.99. The molecule has 1 amide bonds. The predicted octanol–water partition coefficient (Wildman–Crippen LogP) is -0.474. The van der Waals surface area contributed by atoms with Crippen LogP contribution in [0.25, 0.3) is 0 Å². The van der Waals surface area contributed by atoms with Crippen LogP contribution in [0.4, 0.5) is 0 Å². The highest BCUT2D eigenvalue weighted by Gasteiger charge is 2.27. The van der Waals surface area contributed by atoms with E-state index in [0.29, 0.717) is 32.5 Å². The Labute approximate surface area is 109 Å². The fourth-order valence-corrected chi connectivity index (χ4v) is 3.11. The molecule has 0 aromatic heterocycles. The van der Waals surface area contributed by atoms with Crippen LogP contribution in [-0.2, 0) is 14.8 Å². The van der Waals surface area contributed by atoms with E-state index in [1.165, 1.54) is 4.31 Å². The first kappa shape index (κ1) is 15.4. The molecule has 0 aliphatic carbocycles. The normalized spacial score (nSPS) is 18.8. The molecular weight excluding hydrogens is 254 g/mol. The maximum absolute atomic E-state index is 11.7. The van der Waals surface area contributed by atoms with E-state index in [9.17, 15) is 13.2 Å². The molecule has 1 saturated heterocycles. The molecule has 6 nitrogen and oxygen atoms in total. The van der Waals surface area contributed by atoms with Gasteiger partial charge in [-0.05, 0) is 26.3 Å². The van der Waals surface area contributed by atoms with E-state index in [4.69, 9.17) is 0 Å². The lowest BCUT2D eigenvalue weighted by molar-refractivity contribution is -0.121. The van der Waals surface area contributed by atoms with Crippen LogP contribution < -0.4 is 10.6 Å². The van der Waals surface area contributed by atoms with Gasteiger partial charge in [0.2, 0.25) is 15.9 Å². The lowest BCUT2D eigenvalue weighted by Gasteiger charge is -2.31. The predicted molar refractivity (Wildman–Crippen MR) is 70.7 cm³/mol. The summed E-state index contributed by atoms with van der Waals surface area (Å²) in [5.41, 5.74) is 0. The Morgan fingerprint density at radius 3 is 2.39 bits per heavy atom. The molecule has 1 fully saturated rings. The molecule has 2 N–H and O–H groups in total. The summed E-state index contributed by atoms with van der Waals surface area (Å²) in [7, 11) is -3.08. The molecule has 0 aromatic rings. The third-order valence-electron chi connectivity index (χ3n) is 3.11. The van der Waals surface area contributed by atoms with E-state index in [0.717, 1.165) is 6.54 Å². The third kappa shape index (κ3) is 4.55. The number of rotatable bonds is 6. The van der Waals surface area contributed by atoms with Gasteiger partial charge in [-0.2, -0.15) is 0 Å². The summed E-state index contributed by atoms with van der Waals surface area (Å²) < 4.78 is 24.8. The van der Waals surface area contributed by atoms with Crippen LogP contribution in [0.2, 0.25) is 0 Å². The zero-order chi connectivity index (χ0) is 13.6. The molecule has 1 aliphatic rings. The SMILES string of the molecule is CCNCC(=O)NC1CCN(S(=O)(=O)CC)CC1. The van der Waals surface area contributed by atoms with E-state index in [1.807, 2.05) is 6.92 Å². The zero-order valence-electron chi connectivity index (χ0n) is 11.1. The number of sulfonamides is 1. The number of carbonyl (C=O) groups excluding carboxylic acids is 1. The summed E-state index contributed by atoms with van der Waals surface area (Å²) in [5, 5.41) is 5.88. The van der Waals surface area contributed by atoms with Gasteiger partial charge in [0.15, 0.2) is 0 Å². The van der Waals surface area contributed by atoms with Crippen LogP contribution in [0.3, 0.4) is 0 Å². The van der Waals surface area contributed by atoms with Gasteiger partial charge in [0.25, 0.3) is 0 Å². The molecule has 106 valence electrons. The van der Waals surface area contributed by atoms with Crippen molar-refractivity contribution in [2.45, 2.75) is 32.7 Å². The molecule has 0 radical (unpaired) electrons. The zero-order valence-corrected chi connectivity index (χ0v) is 11.9. The Balaban J connectivity index is 2.34. The van der Waals surface area contributed by atoms with E-state index in [2.05, 4.69) is 10.6 Å². The molecule has 1 heterocycles. The van der Waals surface area contributed by atoms with Crippen molar-refractivity contribution in [3.63, 3.8) is 0 Å². The maximum Gasteiger partial charge on any atom is 0.234 e. The second-order valence-corrected chi connectivity index (χ2v) is 6.68. The van der Waals surface area contributed by atoms with Crippen LogP contribution in [0.1, 0.15) is 26.7 Å². The summed E-state index contributed by atoms with van der Waals surface area (Å²) in [4.78, 5) is 11.5. The quantitative estimate of drug-likeness (QED) is 0.688. The number of hydrogen-bond acceptors (Lipinski definition) is 4. The van der Waals surface area contributed by atoms with E-state index in [-0.39, 0.29) is 17.7 Å². The van der Waals surface area contributed by atoms with Crippen molar-refractivity contribution in [2.75, 3.05) is 31.9 Å². The van der Waals surface area contributed by atoms with Crippen LogP contribution in [-0.4, -0.2) is 56.6 Å². The Kier molecular flexibility index (Phi) is 6.04. The molecule has 18 heavy (non-hydrogen) atoms. The Hall–Kier alpha value is -0.660. The molecular formula is C11H23N3O3S. The van der Waals surface area contributed by atoms with Crippen molar-refractivity contribution in [3.05, 3.63) is 0 Å².